The number of carbonyl (C=O) groups is 1. The number of hydrogen-bond acceptors (Lipinski definition) is 4. The van der Waals surface area contributed by atoms with E-state index in [4.69, 9.17) is 14.6 Å². The fourth-order valence-electron chi connectivity index (χ4n) is 2.00. The Kier molecular flexibility index (Phi) is 3.49. The van der Waals surface area contributed by atoms with Gasteiger partial charge in [-0.25, -0.2) is 4.79 Å². The topological polar surface area (TPSA) is 73.9 Å². The van der Waals surface area contributed by atoms with E-state index >= 15 is 0 Å². The lowest BCUT2D eigenvalue weighted by atomic mass is 10.2. The molecular formula is C12H17NO4. The molecule has 0 bridgehead atoms. The van der Waals surface area contributed by atoms with Gasteiger partial charge in [0.05, 0.1) is 13.2 Å². The Labute approximate surface area is 99.6 Å². The van der Waals surface area contributed by atoms with Gasteiger partial charge in [-0.1, -0.05) is 0 Å². The summed E-state index contributed by atoms with van der Waals surface area (Å²) in [7, 11) is 0. The highest BCUT2D eigenvalue weighted by molar-refractivity contribution is 5.86. The molecule has 0 atom stereocenters. The largest absolute Gasteiger partial charge is 0.475 e. The van der Waals surface area contributed by atoms with Crippen molar-refractivity contribution >= 4 is 5.97 Å². The summed E-state index contributed by atoms with van der Waals surface area (Å²) >= 11 is 0. The fourth-order valence-corrected chi connectivity index (χ4v) is 2.00. The summed E-state index contributed by atoms with van der Waals surface area (Å²) in [6.45, 7) is 3.01. The van der Waals surface area contributed by atoms with Gasteiger partial charge in [0.1, 0.15) is 5.76 Å². The first-order valence-corrected chi connectivity index (χ1v) is 5.79. The van der Waals surface area contributed by atoms with E-state index in [0.717, 1.165) is 12.8 Å². The molecule has 17 heavy (non-hydrogen) atoms. The standard InChI is InChI=1S/C12H17NO4/c1-8-6-10(17-11(8)12(15)16)7-13(4-5-14)9-2-3-9/h6,9,14H,2-5,7H2,1H3,(H,15,16). The van der Waals surface area contributed by atoms with Crippen LogP contribution in [0.1, 0.15) is 34.7 Å². The zero-order chi connectivity index (χ0) is 12.4. The van der Waals surface area contributed by atoms with E-state index in [1.54, 1.807) is 13.0 Å². The van der Waals surface area contributed by atoms with Crippen LogP contribution in [0.3, 0.4) is 0 Å². The van der Waals surface area contributed by atoms with Gasteiger partial charge in [-0.05, 0) is 25.8 Å². The molecule has 0 amide bonds. The highest BCUT2D eigenvalue weighted by Gasteiger charge is 2.29. The zero-order valence-electron chi connectivity index (χ0n) is 9.85. The molecule has 0 aromatic carbocycles. The molecule has 1 fully saturated rings. The second-order valence-electron chi connectivity index (χ2n) is 4.46. The van der Waals surface area contributed by atoms with E-state index in [1.807, 2.05) is 0 Å². The molecule has 1 aliphatic carbocycles. The number of hydrogen-bond donors (Lipinski definition) is 2. The van der Waals surface area contributed by atoms with Gasteiger partial charge in [0.25, 0.3) is 0 Å². The summed E-state index contributed by atoms with van der Waals surface area (Å²) in [6, 6.07) is 2.27. The first-order valence-electron chi connectivity index (χ1n) is 5.79. The van der Waals surface area contributed by atoms with Crippen molar-refractivity contribution in [1.29, 1.82) is 0 Å². The number of carboxylic acid groups (broad SMARTS) is 1. The number of aromatic carboxylic acids is 1. The number of rotatable bonds is 6. The molecule has 1 aromatic heterocycles. The summed E-state index contributed by atoms with van der Waals surface area (Å²) in [5.74, 6) is -0.367. The molecule has 5 nitrogen and oxygen atoms in total. The highest BCUT2D eigenvalue weighted by Crippen LogP contribution is 2.28. The first kappa shape index (κ1) is 12.1. The number of aliphatic hydroxyl groups excluding tert-OH is 1. The highest BCUT2D eigenvalue weighted by atomic mass is 16.4. The normalized spacial score (nSPS) is 15.5. The van der Waals surface area contributed by atoms with Crippen molar-refractivity contribution in [2.75, 3.05) is 13.2 Å². The van der Waals surface area contributed by atoms with E-state index in [0.29, 0.717) is 30.5 Å². The molecule has 2 rings (SSSR count). The van der Waals surface area contributed by atoms with Crippen LogP contribution in [-0.2, 0) is 6.54 Å². The van der Waals surface area contributed by atoms with E-state index in [-0.39, 0.29) is 12.4 Å². The van der Waals surface area contributed by atoms with E-state index in [9.17, 15) is 4.79 Å². The Morgan fingerprint density at radius 3 is 2.76 bits per heavy atom. The van der Waals surface area contributed by atoms with Gasteiger partial charge in [-0.3, -0.25) is 4.90 Å². The zero-order valence-corrected chi connectivity index (χ0v) is 9.85. The van der Waals surface area contributed by atoms with Gasteiger partial charge in [-0.15, -0.1) is 0 Å². The fraction of sp³-hybridized carbons (Fsp3) is 0.583. The van der Waals surface area contributed by atoms with E-state index in [2.05, 4.69) is 4.90 Å². The molecule has 94 valence electrons. The minimum absolute atomic E-state index is 0.0137. The molecule has 1 saturated carbocycles. The second-order valence-corrected chi connectivity index (χ2v) is 4.46. The van der Waals surface area contributed by atoms with Crippen LogP contribution in [0.25, 0.3) is 0 Å². The lowest BCUT2D eigenvalue weighted by Gasteiger charge is -2.18. The Morgan fingerprint density at radius 1 is 1.59 bits per heavy atom. The third-order valence-electron chi connectivity index (χ3n) is 2.97. The van der Waals surface area contributed by atoms with Gasteiger partial charge in [0, 0.05) is 18.2 Å². The summed E-state index contributed by atoms with van der Waals surface area (Å²) in [5.41, 5.74) is 0.646. The molecule has 0 radical (unpaired) electrons. The smallest absolute Gasteiger partial charge is 0.372 e. The van der Waals surface area contributed by atoms with Crippen LogP contribution in [0.15, 0.2) is 10.5 Å². The predicted octanol–water partition coefficient (Wildman–Crippen LogP) is 1.24. The van der Waals surface area contributed by atoms with Crippen molar-refractivity contribution in [3.05, 3.63) is 23.2 Å². The van der Waals surface area contributed by atoms with E-state index in [1.165, 1.54) is 0 Å². The minimum Gasteiger partial charge on any atom is -0.475 e. The number of nitrogens with zero attached hydrogens (tertiary/aromatic N) is 1. The average molecular weight is 239 g/mol. The maximum Gasteiger partial charge on any atom is 0.372 e. The molecule has 5 heteroatoms. The van der Waals surface area contributed by atoms with Gasteiger partial charge in [0.2, 0.25) is 5.76 Å². The molecule has 0 spiro atoms. The Morgan fingerprint density at radius 2 is 2.29 bits per heavy atom. The SMILES string of the molecule is Cc1cc(CN(CCO)C2CC2)oc1C(=O)O. The number of aryl methyl sites for hydroxylation is 1. The van der Waals surface area contributed by atoms with Crippen molar-refractivity contribution in [2.45, 2.75) is 32.4 Å². The van der Waals surface area contributed by atoms with Crippen LogP contribution in [-0.4, -0.2) is 40.3 Å². The van der Waals surface area contributed by atoms with Crippen molar-refractivity contribution in [3.63, 3.8) is 0 Å². The second kappa shape index (κ2) is 4.89. The number of carboxylic acids is 1. The molecule has 1 aromatic rings. The van der Waals surface area contributed by atoms with Crippen LogP contribution in [0.5, 0.6) is 0 Å². The quantitative estimate of drug-likeness (QED) is 0.781. The third-order valence-corrected chi connectivity index (χ3v) is 2.97. The van der Waals surface area contributed by atoms with Gasteiger partial charge < -0.3 is 14.6 Å². The van der Waals surface area contributed by atoms with Crippen LogP contribution in [0, 0.1) is 6.92 Å². The molecular weight excluding hydrogens is 222 g/mol. The molecule has 0 aliphatic heterocycles. The van der Waals surface area contributed by atoms with E-state index < -0.39 is 5.97 Å². The Hall–Kier alpha value is -1.33. The van der Waals surface area contributed by atoms with Gasteiger partial charge >= 0.3 is 5.97 Å². The Balaban J connectivity index is 2.06. The van der Waals surface area contributed by atoms with Crippen LogP contribution in [0.4, 0.5) is 0 Å². The summed E-state index contributed by atoms with van der Waals surface area (Å²) < 4.78 is 5.31. The molecule has 1 aliphatic rings. The molecule has 0 saturated heterocycles. The summed E-state index contributed by atoms with van der Waals surface area (Å²) in [5, 5.41) is 17.9. The minimum atomic E-state index is -1.03. The molecule has 2 N–H and O–H groups in total. The maximum absolute atomic E-state index is 10.8. The van der Waals surface area contributed by atoms with Crippen molar-refractivity contribution in [1.82, 2.24) is 4.90 Å². The van der Waals surface area contributed by atoms with Crippen molar-refractivity contribution in [2.24, 2.45) is 0 Å². The monoisotopic (exact) mass is 239 g/mol. The Bertz CT molecular complexity index is 409. The summed E-state index contributed by atoms with van der Waals surface area (Å²) in [4.78, 5) is 13.0. The maximum atomic E-state index is 10.8. The lowest BCUT2D eigenvalue weighted by Crippen LogP contribution is -2.28. The van der Waals surface area contributed by atoms with Crippen LogP contribution in [0.2, 0.25) is 0 Å². The number of aliphatic hydroxyl groups is 1. The number of furan rings is 1. The van der Waals surface area contributed by atoms with Crippen molar-refractivity contribution < 1.29 is 19.4 Å². The lowest BCUT2D eigenvalue weighted by molar-refractivity contribution is 0.0656. The average Bonchev–Trinajstić information content (AvgIpc) is 3.03. The molecule has 0 unspecified atom stereocenters. The van der Waals surface area contributed by atoms with Crippen LogP contribution < -0.4 is 0 Å². The molecule has 1 heterocycles. The van der Waals surface area contributed by atoms with Gasteiger partial charge in [0.15, 0.2) is 0 Å². The predicted molar refractivity (Wildman–Crippen MR) is 60.9 cm³/mol. The summed E-state index contributed by atoms with van der Waals surface area (Å²) in [6.07, 6.45) is 2.29. The van der Waals surface area contributed by atoms with Gasteiger partial charge in [-0.2, -0.15) is 0 Å². The van der Waals surface area contributed by atoms with Crippen LogP contribution >= 0.6 is 0 Å². The van der Waals surface area contributed by atoms with Crippen molar-refractivity contribution in [3.8, 4) is 0 Å². The third kappa shape index (κ3) is 2.87. The first-order chi connectivity index (χ1) is 8.11.